The van der Waals surface area contributed by atoms with Crippen LogP contribution in [0.1, 0.15) is 17.3 Å². The van der Waals surface area contributed by atoms with Crippen LogP contribution in [-0.2, 0) is 0 Å². The SMILES string of the molecule is CCOc1c(Br)cc(C(=O)Nc2ccc(-n3cncn3)cc2)cc1OC. The smallest absolute Gasteiger partial charge is 0.255 e. The molecule has 2 aromatic carbocycles. The second kappa shape index (κ2) is 8.01. The van der Waals surface area contributed by atoms with Gasteiger partial charge in [0.25, 0.3) is 5.91 Å². The number of rotatable bonds is 6. The number of hydrogen-bond acceptors (Lipinski definition) is 5. The van der Waals surface area contributed by atoms with E-state index in [9.17, 15) is 4.79 Å². The first kappa shape index (κ1) is 17.9. The molecule has 0 aliphatic carbocycles. The highest BCUT2D eigenvalue weighted by atomic mass is 79.9. The zero-order valence-electron chi connectivity index (χ0n) is 14.3. The molecule has 7 nitrogen and oxygen atoms in total. The maximum absolute atomic E-state index is 12.6. The summed E-state index contributed by atoms with van der Waals surface area (Å²) < 4.78 is 13.2. The zero-order valence-corrected chi connectivity index (χ0v) is 15.9. The van der Waals surface area contributed by atoms with Gasteiger partial charge in [-0.15, -0.1) is 0 Å². The molecule has 0 fully saturated rings. The predicted octanol–water partition coefficient (Wildman–Crippen LogP) is 3.69. The summed E-state index contributed by atoms with van der Waals surface area (Å²) in [4.78, 5) is 16.5. The molecule has 0 bridgehead atoms. The zero-order chi connectivity index (χ0) is 18.5. The first-order valence-corrected chi connectivity index (χ1v) is 8.68. The molecule has 0 atom stereocenters. The molecule has 0 saturated heterocycles. The van der Waals surface area contributed by atoms with E-state index in [4.69, 9.17) is 9.47 Å². The fourth-order valence-electron chi connectivity index (χ4n) is 2.38. The molecule has 1 amide bonds. The van der Waals surface area contributed by atoms with Gasteiger partial charge in [0, 0.05) is 11.3 Å². The highest BCUT2D eigenvalue weighted by Gasteiger charge is 2.15. The van der Waals surface area contributed by atoms with Gasteiger partial charge in [0.1, 0.15) is 12.7 Å². The minimum Gasteiger partial charge on any atom is -0.493 e. The van der Waals surface area contributed by atoms with Gasteiger partial charge in [0.15, 0.2) is 11.5 Å². The number of nitrogens with one attached hydrogen (secondary N) is 1. The topological polar surface area (TPSA) is 78.3 Å². The van der Waals surface area contributed by atoms with E-state index in [-0.39, 0.29) is 5.91 Å². The van der Waals surface area contributed by atoms with Crippen LogP contribution in [0, 0.1) is 0 Å². The van der Waals surface area contributed by atoms with E-state index in [2.05, 4.69) is 31.3 Å². The van der Waals surface area contributed by atoms with E-state index in [1.807, 2.05) is 19.1 Å². The van der Waals surface area contributed by atoms with Gasteiger partial charge in [0.05, 0.1) is 23.9 Å². The van der Waals surface area contributed by atoms with Crippen molar-refractivity contribution >= 4 is 27.5 Å². The molecule has 1 heterocycles. The summed E-state index contributed by atoms with van der Waals surface area (Å²) in [5.41, 5.74) is 1.98. The molecule has 8 heteroatoms. The van der Waals surface area contributed by atoms with Crippen LogP contribution in [0.3, 0.4) is 0 Å². The number of methoxy groups -OCH3 is 1. The van der Waals surface area contributed by atoms with Crippen molar-refractivity contribution in [1.29, 1.82) is 0 Å². The number of ether oxygens (including phenoxy) is 2. The average Bonchev–Trinajstić information content (AvgIpc) is 3.18. The third-order valence-electron chi connectivity index (χ3n) is 3.59. The summed E-state index contributed by atoms with van der Waals surface area (Å²) in [6, 6.07) is 10.6. The summed E-state index contributed by atoms with van der Waals surface area (Å²) in [6.45, 7) is 2.38. The highest BCUT2D eigenvalue weighted by molar-refractivity contribution is 9.10. The normalized spacial score (nSPS) is 10.4. The fourth-order valence-corrected chi connectivity index (χ4v) is 2.93. The Kier molecular flexibility index (Phi) is 5.52. The summed E-state index contributed by atoms with van der Waals surface area (Å²) in [5.74, 6) is 0.817. The van der Waals surface area contributed by atoms with Crippen molar-refractivity contribution in [3.05, 3.63) is 59.1 Å². The van der Waals surface area contributed by atoms with Crippen molar-refractivity contribution in [1.82, 2.24) is 14.8 Å². The molecular weight excluding hydrogens is 400 g/mol. The quantitative estimate of drug-likeness (QED) is 0.662. The number of hydrogen-bond donors (Lipinski definition) is 1. The van der Waals surface area contributed by atoms with Crippen molar-refractivity contribution in [2.75, 3.05) is 19.0 Å². The molecule has 0 spiro atoms. The first-order valence-electron chi connectivity index (χ1n) is 7.89. The van der Waals surface area contributed by atoms with Crippen LogP contribution in [0.2, 0.25) is 0 Å². The van der Waals surface area contributed by atoms with E-state index < -0.39 is 0 Å². The highest BCUT2D eigenvalue weighted by Crippen LogP contribution is 2.36. The van der Waals surface area contributed by atoms with Crippen LogP contribution in [0.4, 0.5) is 5.69 Å². The molecular formula is C18H17BrN4O3. The molecule has 1 N–H and O–H groups in total. The Hall–Kier alpha value is -2.87. The van der Waals surface area contributed by atoms with Gasteiger partial charge in [-0.3, -0.25) is 4.79 Å². The molecule has 3 aromatic rings. The molecule has 0 aliphatic rings. The Balaban J connectivity index is 1.78. The predicted molar refractivity (Wildman–Crippen MR) is 101 cm³/mol. The van der Waals surface area contributed by atoms with E-state index in [0.29, 0.717) is 33.8 Å². The van der Waals surface area contributed by atoms with Crippen molar-refractivity contribution in [2.24, 2.45) is 0 Å². The molecule has 0 radical (unpaired) electrons. The minimum absolute atomic E-state index is 0.249. The Morgan fingerprint density at radius 2 is 2.04 bits per heavy atom. The van der Waals surface area contributed by atoms with E-state index >= 15 is 0 Å². The number of aromatic nitrogens is 3. The Bertz CT molecular complexity index is 896. The monoisotopic (exact) mass is 416 g/mol. The standard InChI is InChI=1S/C18H17BrN4O3/c1-3-26-17-15(19)8-12(9-16(17)25-2)18(24)22-13-4-6-14(7-5-13)23-11-20-10-21-23/h4-11H,3H2,1-2H3,(H,22,24). The Labute approximate surface area is 159 Å². The fraction of sp³-hybridized carbons (Fsp3) is 0.167. The molecule has 1 aromatic heterocycles. The van der Waals surface area contributed by atoms with Crippen LogP contribution in [0.25, 0.3) is 5.69 Å². The third-order valence-corrected chi connectivity index (χ3v) is 4.18. The van der Waals surface area contributed by atoms with Crippen LogP contribution < -0.4 is 14.8 Å². The summed E-state index contributed by atoms with van der Waals surface area (Å²) >= 11 is 3.42. The number of nitrogens with zero attached hydrogens (tertiary/aromatic N) is 3. The number of amides is 1. The number of halogens is 1. The van der Waals surface area contributed by atoms with E-state index in [0.717, 1.165) is 5.69 Å². The number of benzene rings is 2. The van der Waals surface area contributed by atoms with Crippen molar-refractivity contribution in [3.8, 4) is 17.2 Å². The van der Waals surface area contributed by atoms with Gasteiger partial charge in [-0.1, -0.05) is 0 Å². The average molecular weight is 417 g/mol. The van der Waals surface area contributed by atoms with Crippen molar-refractivity contribution in [3.63, 3.8) is 0 Å². The number of anilines is 1. The number of carbonyl (C=O) groups excluding carboxylic acids is 1. The first-order chi connectivity index (χ1) is 12.6. The molecule has 134 valence electrons. The third kappa shape index (κ3) is 3.85. The second-order valence-corrected chi connectivity index (χ2v) is 6.12. The Morgan fingerprint density at radius 3 is 2.65 bits per heavy atom. The van der Waals surface area contributed by atoms with E-state index in [1.54, 1.807) is 35.3 Å². The molecule has 3 rings (SSSR count). The van der Waals surface area contributed by atoms with Crippen LogP contribution in [0.15, 0.2) is 53.5 Å². The van der Waals surface area contributed by atoms with Crippen molar-refractivity contribution in [2.45, 2.75) is 6.92 Å². The lowest BCUT2D eigenvalue weighted by Gasteiger charge is -2.13. The summed E-state index contributed by atoms with van der Waals surface area (Å²) in [7, 11) is 1.54. The van der Waals surface area contributed by atoms with Gasteiger partial charge in [-0.2, -0.15) is 5.10 Å². The minimum atomic E-state index is -0.249. The molecule has 0 aliphatic heterocycles. The van der Waals surface area contributed by atoms with Crippen LogP contribution in [0.5, 0.6) is 11.5 Å². The maximum Gasteiger partial charge on any atom is 0.255 e. The summed E-state index contributed by atoms with van der Waals surface area (Å²) in [6.07, 6.45) is 3.07. The Morgan fingerprint density at radius 1 is 1.27 bits per heavy atom. The lowest BCUT2D eigenvalue weighted by Crippen LogP contribution is -2.12. The van der Waals surface area contributed by atoms with Crippen LogP contribution >= 0.6 is 15.9 Å². The van der Waals surface area contributed by atoms with E-state index in [1.165, 1.54) is 13.4 Å². The maximum atomic E-state index is 12.6. The van der Waals surface area contributed by atoms with Crippen LogP contribution in [-0.4, -0.2) is 34.4 Å². The molecule has 0 saturated carbocycles. The molecule has 0 unspecified atom stereocenters. The van der Waals surface area contributed by atoms with Gasteiger partial charge in [0.2, 0.25) is 0 Å². The molecule has 26 heavy (non-hydrogen) atoms. The second-order valence-electron chi connectivity index (χ2n) is 5.26. The van der Waals surface area contributed by atoms with Gasteiger partial charge in [-0.25, -0.2) is 9.67 Å². The largest absolute Gasteiger partial charge is 0.493 e. The summed E-state index contributed by atoms with van der Waals surface area (Å²) in [5, 5.41) is 6.92. The van der Waals surface area contributed by atoms with Crippen molar-refractivity contribution < 1.29 is 14.3 Å². The van der Waals surface area contributed by atoms with Gasteiger partial charge < -0.3 is 14.8 Å². The number of carbonyl (C=O) groups is 1. The lowest BCUT2D eigenvalue weighted by molar-refractivity contribution is 0.102. The van der Waals surface area contributed by atoms with Gasteiger partial charge >= 0.3 is 0 Å². The van der Waals surface area contributed by atoms with Gasteiger partial charge in [-0.05, 0) is 59.3 Å². The lowest BCUT2D eigenvalue weighted by atomic mass is 10.1.